The Labute approximate surface area is 185 Å². The number of amides is 2. The molecule has 2 aromatic rings. The first kappa shape index (κ1) is 25.9. The van der Waals surface area contributed by atoms with E-state index in [1.807, 2.05) is 0 Å². The zero-order chi connectivity index (χ0) is 25.0. The van der Waals surface area contributed by atoms with Crippen molar-refractivity contribution < 1.29 is 41.0 Å². The number of aliphatic hydroxyl groups is 1. The fourth-order valence-electron chi connectivity index (χ4n) is 2.87. The van der Waals surface area contributed by atoms with Gasteiger partial charge in [-0.15, -0.1) is 0 Å². The minimum absolute atomic E-state index is 0.176. The summed E-state index contributed by atoms with van der Waals surface area (Å²) >= 11 is 0. The Bertz CT molecular complexity index is 1030. The number of hydrogen-bond donors (Lipinski definition) is 3. The van der Waals surface area contributed by atoms with Gasteiger partial charge < -0.3 is 15.7 Å². The molecule has 5 nitrogen and oxygen atoms in total. The average Bonchev–Trinajstić information content (AvgIpc) is 2.70. The highest BCUT2D eigenvalue weighted by Gasteiger charge is 2.71. The van der Waals surface area contributed by atoms with Gasteiger partial charge in [0.05, 0.1) is 0 Å². The van der Waals surface area contributed by atoms with Crippen LogP contribution in [0, 0.1) is 6.92 Å². The molecular weight excluding hydrogens is 454 g/mol. The molecule has 0 radical (unpaired) electrons. The first-order chi connectivity index (χ1) is 15.1. The summed E-state index contributed by atoms with van der Waals surface area (Å²) in [6.45, 7) is 2.96. The molecule has 0 aromatic heterocycles. The predicted octanol–water partition coefficient (Wildman–Crippen LogP) is 4.60. The average molecular weight is 474 g/mol. The van der Waals surface area contributed by atoms with Gasteiger partial charge in [0.25, 0.3) is 5.60 Å². The van der Waals surface area contributed by atoms with Gasteiger partial charge in [0.15, 0.2) is 0 Å². The van der Waals surface area contributed by atoms with Crippen LogP contribution in [0.25, 0.3) is 6.08 Å². The maximum absolute atomic E-state index is 12.9. The van der Waals surface area contributed by atoms with Gasteiger partial charge in [-0.25, -0.2) is 0 Å². The lowest BCUT2D eigenvalue weighted by Crippen LogP contribution is -2.53. The molecule has 2 aromatic carbocycles. The number of carbonyl (C=O) groups excluding carboxylic acids is 2. The highest BCUT2D eigenvalue weighted by Crippen LogP contribution is 2.49. The van der Waals surface area contributed by atoms with Crippen LogP contribution in [0.4, 0.5) is 32.0 Å². The van der Waals surface area contributed by atoms with E-state index in [9.17, 15) is 41.0 Å². The number of nitrogens with one attached hydrogen (secondary N) is 2. The molecule has 3 N–H and O–H groups in total. The van der Waals surface area contributed by atoms with E-state index in [0.717, 1.165) is 17.7 Å². The van der Waals surface area contributed by atoms with Crippen molar-refractivity contribution in [1.29, 1.82) is 0 Å². The van der Waals surface area contributed by atoms with Crippen molar-refractivity contribution in [2.24, 2.45) is 0 Å². The van der Waals surface area contributed by atoms with Crippen molar-refractivity contribution in [3.63, 3.8) is 0 Å². The molecule has 2 rings (SSSR count). The number of aryl methyl sites for hydroxylation is 1. The lowest BCUT2D eigenvalue weighted by molar-refractivity contribution is -0.376. The first-order valence-electron chi connectivity index (χ1n) is 9.44. The standard InChI is InChI=1S/C22H20F6N2O3/c1-13-3-9-18(30-14(2)31)11-16(13)6-10-19(32)29-12-15-4-7-17(8-5-15)20(33,21(23,24)25)22(26,27)28/h3-11,33H,12H2,1-2H3,(H,29,32)(H,30,31)/b10-6-. The van der Waals surface area contributed by atoms with Gasteiger partial charge in [0, 0.05) is 30.8 Å². The largest absolute Gasteiger partial charge is 0.430 e. The highest BCUT2D eigenvalue weighted by atomic mass is 19.4. The Balaban J connectivity index is 2.08. The third-order valence-corrected chi connectivity index (χ3v) is 4.67. The Morgan fingerprint density at radius 3 is 2.06 bits per heavy atom. The Hall–Kier alpha value is -3.34. The normalized spacial score (nSPS) is 12.6. The number of rotatable bonds is 6. The minimum atomic E-state index is -5.97. The van der Waals surface area contributed by atoms with Crippen molar-refractivity contribution in [3.8, 4) is 0 Å². The van der Waals surface area contributed by atoms with E-state index in [-0.39, 0.29) is 18.0 Å². The third kappa shape index (κ3) is 6.13. The van der Waals surface area contributed by atoms with Crippen LogP contribution in [0.15, 0.2) is 48.5 Å². The predicted molar refractivity (Wildman–Crippen MR) is 109 cm³/mol. The lowest BCUT2D eigenvalue weighted by atomic mass is 9.91. The molecule has 33 heavy (non-hydrogen) atoms. The van der Waals surface area contributed by atoms with Crippen LogP contribution in [0.1, 0.15) is 29.2 Å². The Morgan fingerprint density at radius 1 is 0.970 bits per heavy atom. The van der Waals surface area contributed by atoms with Crippen LogP contribution < -0.4 is 10.6 Å². The van der Waals surface area contributed by atoms with E-state index in [0.29, 0.717) is 23.4 Å². The number of anilines is 1. The summed E-state index contributed by atoms with van der Waals surface area (Å²) in [5, 5.41) is 14.4. The second kappa shape index (κ2) is 9.65. The van der Waals surface area contributed by atoms with Crippen molar-refractivity contribution in [3.05, 3.63) is 70.8 Å². The maximum Gasteiger partial charge on any atom is 0.430 e. The lowest BCUT2D eigenvalue weighted by Gasteiger charge is -2.32. The second-order valence-electron chi connectivity index (χ2n) is 7.21. The van der Waals surface area contributed by atoms with E-state index in [2.05, 4.69) is 10.6 Å². The van der Waals surface area contributed by atoms with Gasteiger partial charge >= 0.3 is 12.4 Å². The van der Waals surface area contributed by atoms with E-state index in [1.54, 1.807) is 25.1 Å². The number of hydrogen-bond acceptors (Lipinski definition) is 3. The zero-order valence-electron chi connectivity index (χ0n) is 17.4. The summed E-state index contributed by atoms with van der Waals surface area (Å²) in [5.41, 5.74) is -4.16. The summed E-state index contributed by atoms with van der Waals surface area (Å²) in [5.74, 6) is -0.827. The summed E-state index contributed by atoms with van der Waals surface area (Å²) < 4.78 is 77.6. The number of alkyl halides is 6. The third-order valence-electron chi connectivity index (χ3n) is 4.67. The van der Waals surface area contributed by atoms with E-state index < -0.39 is 29.4 Å². The smallest absolute Gasteiger partial charge is 0.369 e. The monoisotopic (exact) mass is 474 g/mol. The molecule has 0 saturated heterocycles. The highest BCUT2D eigenvalue weighted by molar-refractivity contribution is 5.93. The summed E-state index contributed by atoms with van der Waals surface area (Å²) in [6.07, 6.45) is -9.26. The quantitative estimate of drug-likeness (QED) is 0.423. The minimum Gasteiger partial charge on any atom is -0.369 e. The van der Waals surface area contributed by atoms with E-state index in [4.69, 9.17) is 0 Å². The van der Waals surface area contributed by atoms with Crippen molar-refractivity contribution in [2.45, 2.75) is 38.3 Å². The van der Waals surface area contributed by atoms with Crippen LogP contribution in [0.5, 0.6) is 0 Å². The molecule has 0 bridgehead atoms. The molecule has 0 aliphatic carbocycles. The van der Waals surface area contributed by atoms with Crippen LogP contribution in [0.2, 0.25) is 0 Å². The zero-order valence-corrected chi connectivity index (χ0v) is 17.4. The molecule has 0 heterocycles. The van der Waals surface area contributed by atoms with E-state index >= 15 is 0 Å². The van der Waals surface area contributed by atoms with Gasteiger partial charge in [-0.2, -0.15) is 26.3 Å². The topological polar surface area (TPSA) is 78.4 Å². The SMILES string of the molecule is CC(=O)Nc1ccc(C)c(/C=C\C(=O)NCc2ccc(C(O)(C(F)(F)F)C(F)(F)F)cc2)c1. The van der Waals surface area contributed by atoms with Crippen molar-refractivity contribution in [1.82, 2.24) is 5.32 Å². The van der Waals surface area contributed by atoms with E-state index in [1.165, 1.54) is 19.1 Å². The molecular formula is C22H20F6N2O3. The van der Waals surface area contributed by atoms with Gasteiger partial charge in [-0.3, -0.25) is 9.59 Å². The fourth-order valence-corrected chi connectivity index (χ4v) is 2.87. The number of benzene rings is 2. The Kier molecular flexibility index (Phi) is 7.58. The summed E-state index contributed by atoms with van der Waals surface area (Å²) in [7, 11) is 0. The summed E-state index contributed by atoms with van der Waals surface area (Å²) in [4.78, 5) is 23.2. The Morgan fingerprint density at radius 2 is 1.55 bits per heavy atom. The van der Waals surface area contributed by atoms with Crippen LogP contribution >= 0.6 is 0 Å². The van der Waals surface area contributed by atoms with Gasteiger partial charge in [0.1, 0.15) is 0 Å². The van der Waals surface area contributed by atoms with Crippen LogP contribution in [-0.2, 0) is 21.7 Å². The van der Waals surface area contributed by atoms with Crippen molar-refractivity contribution >= 4 is 23.6 Å². The molecule has 0 atom stereocenters. The molecule has 178 valence electrons. The van der Waals surface area contributed by atoms with Gasteiger partial charge in [0.2, 0.25) is 11.8 Å². The molecule has 0 aliphatic heterocycles. The first-order valence-corrected chi connectivity index (χ1v) is 9.44. The molecule has 0 spiro atoms. The van der Waals surface area contributed by atoms with Gasteiger partial charge in [-0.05, 0) is 41.8 Å². The molecule has 0 fully saturated rings. The number of carbonyl (C=O) groups is 2. The molecule has 0 unspecified atom stereocenters. The van der Waals surface area contributed by atoms with Crippen LogP contribution in [0.3, 0.4) is 0 Å². The molecule has 0 aliphatic rings. The van der Waals surface area contributed by atoms with Crippen LogP contribution in [-0.4, -0.2) is 29.3 Å². The maximum atomic E-state index is 12.9. The molecule has 0 saturated carbocycles. The fraction of sp³-hybridized carbons (Fsp3) is 0.273. The molecule has 11 heteroatoms. The second-order valence-corrected chi connectivity index (χ2v) is 7.21. The summed E-state index contributed by atoms with van der Waals surface area (Å²) in [6, 6.07) is 8.00. The molecule has 2 amide bonds. The van der Waals surface area contributed by atoms with Crippen molar-refractivity contribution in [2.75, 3.05) is 5.32 Å². The number of halogens is 6. The van der Waals surface area contributed by atoms with Gasteiger partial charge in [-0.1, -0.05) is 30.3 Å².